The molecule has 0 aromatic heterocycles. The average Bonchev–Trinajstić information content (AvgIpc) is 2.69. The minimum Gasteiger partial charge on any atom is -0.481 e. The molecule has 1 fully saturated rings. The third-order valence-corrected chi connectivity index (χ3v) is 6.78. The Bertz CT molecular complexity index is 1010. The first kappa shape index (κ1) is 21.5. The highest BCUT2D eigenvalue weighted by atomic mass is 35.5. The van der Waals surface area contributed by atoms with Gasteiger partial charge in [0.25, 0.3) is 5.91 Å². The van der Waals surface area contributed by atoms with E-state index in [1.165, 1.54) is 22.5 Å². The second-order valence-electron chi connectivity index (χ2n) is 6.52. The molecular weight excluding hydrogens is 426 g/mol. The van der Waals surface area contributed by atoms with Crippen LogP contribution in [0.15, 0.2) is 41.3 Å². The molecular formula is C19H19ClF2N2O4S. The van der Waals surface area contributed by atoms with Crippen molar-refractivity contribution in [3.63, 3.8) is 0 Å². The van der Waals surface area contributed by atoms with Crippen LogP contribution in [0.3, 0.4) is 0 Å². The summed E-state index contributed by atoms with van der Waals surface area (Å²) in [6, 6.07) is 6.84. The van der Waals surface area contributed by atoms with E-state index in [9.17, 15) is 22.0 Å². The maximum Gasteiger partial charge on any atom is 0.262 e. The molecule has 10 heteroatoms. The summed E-state index contributed by atoms with van der Waals surface area (Å²) in [7, 11) is -3.78. The number of amides is 1. The van der Waals surface area contributed by atoms with Gasteiger partial charge in [-0.1, -0.05) is 18.0 Å². The lowest BCUT2D eigenvalue weighted by molar-refractivity contribution is -0.118. The van der Waals surface area contributed by atoms with E-state index in [4.69, 9.17) is 16.3 Å². The first-order valence-corrected chi connectivity index (χ1v) is 10.8. The molecule has 0 radical (unpaired) electrons. The van der Waals surface area contributed by atoms with E-state index >= 15 is 0 Å². The minimum atomic E-state index is -3.78. The van der Waals surface area contributed by atoms with E-state index in [-0.39, 0.29) is 21.4 Å². The number of anilines is 1. The number of hydrogen-bond acceptors (Lipinski definition) is 4. The van der Waals surface area contributed by atoms with Crippen LogP contribution >= 0.6 is 11.6 Å². The van der Waals surface area contributed by atoms with Gasteiger partial charge in [-0.15, -0.1) is 0 Å². The number of hydrogen-bond donors (Lipinski definition) is 1. The van der Waals surface area contributed by atoms with Gasteiger partial charge in [-0.25, -0.2) is 17.2 Å². The molecule has 0 saturated carbocycles. The third kappa shape index (κ3) is 5.23. The van der Waals surface area contributed by atoms with Gasteiger partial charge in [0.15, 0.2) is 18.2 Å². The number of sulfonamides is 1. The molecule has 0 spiro atoms. The monoisotopic (exact) mass is 444 g/mol. The summed E-state index contributed by atoms with van der Waals surface area (Å²) in [5, 5.41) is 2.54. The zero-order valence-corrected chi connectivity index (χ0v) is 16.9. The van der Waals surface area contributed by atoms with Crippen molar-refractivity contribution in [2.24, 2.45) is 0 Å². The van der Waals surface area contributed by atoms with E-state index in [0.717, 1.165) is 31.4 Å². The van der Waals surface area contributed by atoms with Crippen LogP contribution in [0.2, 0.25) is 5.02 Å². The Morgan fingerprint density at radius 1 is 1.10 bits per heavy atom. The predicted octanol–water partition coefficient (Wildman–Crippen LogP) is 3.81. The van der Waals surface area contributed by atoms with Crippen LogP contribution in [0.5, 0.6) is 5.75 Å². The van der Waals surface area contributed by atoms with Gasteiger partial charge in [-0.05, 0) is 43.2 Å². The molecule has 156 valence electrons. The lowest BCUT2D eigenvalue weighted by Gasteiger charge is -2.26. The Morgan fingerprint density at radius 2 is 1.83 bits per heavy atom. The van der Waals surface area contributed by atoms with Crippen LogP contribution < -0.4 is 10.1 Å². The van der Waals surface area contributed by atoms with Crippen LogP contribution in [0.25, 0.3) is 0 Å². The standard InChI is InChI=1S/C19H19ClF2N2O4S/c20-15-6-5-14(11-18(15)29(26,27)24-8-2-1-3-9-24)23-19(25)12-28-17-7-4-13(21)10-16(17)22/h4-7,10-11H,1-3,8-9,12H2,(H,23,25). The van der Waals surface area contributed by atoms with Gasteiger partial charge in [-0.2, -0.15) is 4.31 Å². The molecule has 0 unspecified atom stereocenters. The molecule has 1 N–H and O–H groups in total. The number of carbonyl (C=O) groups excluding carboxylic acids is 1. The van der Waals surface area contributed by atoms with E-state index in [2.05, 4.69) is 5.32 Å². The topological polar surface area (TPSA) is 75.7 Å². The quantitative estimate of drug-likeness (QED) is 0.735. The van der Waals surface area contributed by atoms with Crippen LogP contribution in [0.1, 0.15) is 19.3 Å². The second-order valence-corrected chi connectivity index (χ2v) is 8.84. The summed E-state index contributed by atoms with van der Waals surface area (Å²) < 4.78 is 58.6. The van der Waals surface area contributed by atoms with E-state index in [0.29, 0.717) is 19.2 Å². The highest BCUT2D eigenvalue weighted by Crippen LogP contribution is 2.29. The summed E-state index contributed by atoms with van der Waals surface area (Å²) in [6.45, 7) is 0.304. The molecule has 0 atom stereocenters. The van der Waals surface area contributed by atoms with E-state index in [1.54, 1.807) is 0 Å². The van der Waals surface area contributed by atoms with Crippen molar-refractivity contribution in [2.45, 2.75) is 24.2 Å². The fourth-order valence-corrected chi connectivity index (χ4v) is 4.97. The number of carbonyl (C=O) groups is 1. The first-order valence-electron chi connectivity index (χ1n) is 8.95. The summed E-state index contributed by atoms with van der Waals surface area (Å²) in [5.41, 5.74) is 0.207. The Hall–Kier alpha value is -2.23. The van der Waals surface area contributed by atoms with Gasteiger partial charge >= 0.3 is 0 Å². The smallest absolute Gasteiger partial charge is 0.262 e. The van der Waals surface area contributed by atoms with Crippen molar-refractivity contribution in [1.29, 1.82) is 0 Å². The van der Waals surface area contributed by atoms with Crippen molar-refractivity contribution in [2.75, 3.05) is 25.0 Å². The number of halogens is 3. The maximum absolute atomic E-state index is 13.6. The first-order chi connectivity index (χ1) is 13.8. The summed E-state index contributed by atoms with van der Waals surface area (Å²) in [4.78, 5) is 12.0. The Balaban J connectivity index is 1.69. The van der Waals surface area contributed by atoms with E-state index in [1.807, 2.05) is 0 Å². The lowest BCUT2D eigenvalue weighted by atomic mass is 10.2. The Morgan fingerprint density at radius 3 is 2.52 bits per heavy atom. The molecule has 1 aliphatic heterocycles. The number of nitrogens with one attached hydrogen (secondary N) is 1. The molecule has 0 aliphatic carbocycles. The molecule has 2 aromatic carbocycles. The zero-order valence-electron chi connectivity index (χ0n) is 15.3. The number of ether oxygens (including phenoxy) is 1. The fraction of sp³-hybridized carbons (Fsp3) is 0.316. The zero-order chi connectivity index (χ0) is 21.0. The number of nitrogens with zero attached hydrogens (tertiary/aromatic N) is 1. The number of benzene rings is 2. The van der Waals surface area contributed by atoms with Gasteiger partial charge in [-0.3, -0.25) is 4.79 Å². The van der Waals surface area contributed by atoms with Crippen molar-refractivity contribution in [3.05, 3.63) is 53.1 Å². The highest BCUT2D eigenvalue weighted by molar-refractivity contribution is 7.89. The Labute approximate surface area is 172 Å². The van der Waals surface area contributed by atoms with Crippen LogP contribution in [-0.4, -0.2) is 38.3 Å². The predicted molar refractivity (Wildman–Crippen MR) is 105 cm³/mol. The van der Waals surface area contributed by atoms with Gasteiger partial charge in [0.1, 0.15) is 10.7 Å². The molecule has 1 heterocycles. The fourth-order valence-electron chi connectivity index (χ4n) is 2.96. The summed E-state index contributed by atoms with van der Waals surface area (Å²) in [6.07, 6.45) is 2.54. The van der Waals surface area contributed by atoms with E-state index < -0.39 is 34.2 Å². The van der Waals surface area contributed by atoms with Crippen molar-refractivity contribution in [3.8, 4) is 5.75 Å². The van der Waals surface area contributed by atoms with Crippen LogP contribution in [-0.2, 0) is 14.8 Å². The highest BCUT2D eigenvalue weighted by Gasteiger charge is 2.28. The Kier molecular flexibility index (Phi) is 6.71. The molecule has 29 heavy (non-hydrogen) atoms. The lowest BCUT2D eigenvalue weighted by Crippen LogP contribution is -2.35. The van der Waals surface area contributed by atoms with Crippen molar-refractivity contribution in [1.82, 2.24) is 4.31 Å². The summed E-state index contributed by atoms with van der Waals surface area (Å²) >= 11 is 6.09. The molecule has 0 bridgehead atoms. The van der Waals surface area contributed by atoms with Gasteiger partial charge < -0.3 is 10.1 Å². The molecule has 1 amide bonds. The third-order valence-electron chi connectivity index (χ3n) is 4.40. The van der Waals surface area contributed by atoms with Crippen molar-refractivity contribution < 1.29 is 26.7 Å². The van der Waals surface area contributed by atoms with Gasteiger partial charge in [0.2, 0.25) is 10.0 Å². The molecule has 6 nitrogen and oxygen atoms in total. The normalized spacial score (nSPS) is 15.1. The maximum atomic E-state index is 13.6. The second kappa shape index (κ2) is 9.06. The molecule has 3 rings (SSSR count). The molecule has 1 aliphatic rings. The number of rotatable bonds is 6. The van der Waals surface area contributed by atoms with Crippen LogP contribution in [0.4, 0.5) is 14.5 Å². The molecule has 2 aromatic rings. The van der Waals surface area contributed by atoms with Gasteiger partial charge in [0, 0.05) is 24.8 Å². The van der Waals surface area contributed by atoms with Gasteiger partial charge in [0.05, 0.1) is 5.02 Å². The average molecular weight is 445 g/mol. The molecule has 1 saturated heterocycles. The van der Waals surface area contributed by atoms with Crippen molar-refractivity contribution >= 4 is 33.2 Å². The SMILES string of the molecule is O=C(COc1ccc(F)cc1F)Nc1ccc(Cl)c(S(=O)(=O)N2CCCCC2)c1. The summed E-state index contributed by atoms with van der Waals surface area (Å²) in [5.74, 6) is -2.61. The minimum absolute atomic E-state index is 0.0539. The largest absolute Gasteiger partial charge is 0.481 e. The van der Waals surface area contributed by atoms with Crippen LogP contribution in [0, 0.1) is 11.6 Å². The number of piperidine rings is 1.